The quantitative estimate of drug-likeness (QED) is 0.393. The van der Waals surface area contributed by atoms with Crippen molar-refractivity contribution in [3.8, 4) is 22.8 Å². The topological polar surface area (TPSA) is 90.0 Å². The summed E-state index contributed by atoms with van der Waals surface area (Å²) < 4.78 is 17.5. The van der Waals surface area contributed by atoms with Gasteiger partial charge in [-0.2, -0.15) is 0 Å². The fourth-order valence-corrected chi connectivity index (χ4v) is 5.66. The van der Waals surface area contributed by atoms with Crippen molar-refractivity contribution >= 4 is 22.9 Å². The van der Waals surface area contributed by atoms with Crippen LogP contribution in [0.4, 0.5) is 4.79 Å². The van der Waals surface area contributed by atoms with E-state index in [1.165, 1.54) is 0 Å². The number of rotatable bonds is 7. The largest absolute Gasteiger partial charge is 0.497 e. The van der Waals surface area contributed by atoms with Crippen LogP contribution in [0.3, 0.4) is 0 Å². The number of nitrogens with zero attached hydrogens (tertiary/aromatic N) is 2. The zero-order valence-corrected chi connectivity index (χ0v) is 23.8. The molecule has 2 heterocycles. The number of carbonyl (C=O) groups is 2. The second-order valence-electron chi connectivity index (χ2n) is 11.7. The molecule has 40 heavy (non-hydrogen) atoms. The lowest BCUT2D eigenvalue weighted by Crippen LogP contribution is -2.52. The number of alkyl carbamates (subject to hydrolysis) is 1. The van der Waals surface area contributed by atoms with Gasteiger partial charge in [0.2, 0.25) is 5.91 Å². The number of likely N-dealkylation sites (tertiary alicyclic amines) is 1. The second kappa shape index (κ2) is 11.7. The molecule has 0 bridgehead atoms. The molecule has 0 radical (unpaired) electrons. The molecule has 2 amide bonds. The lowest BCUT2D eigenvalue weighted by molar-refractivity contribution is -0.134. The van der Waals surface area contributed by atoms with Crippen LogP contribution in [0.5, 0.6) is 11.5 Å². The lowest BCUT2D eigenvalue weighted by Gasteiger charge is -2.29. The molecule has 5 rings (SSSR count). The highest BCUT2D eigenvalue weighted by atomic mass is 16.6. The predicted octanol–water partition coefficient (Wildman–Crippen LogP) is 5.97. The number of aromatic nitrogens is 1. The number of carbonyl (C=O) groups excluding carboxylic acids is 2. The van der Waals surface area contributed by atoms with Gasteiger partial charge < -0.3 is 24.4 Å². The Morgan fingerprint density at radius 1 is 1.02 bits per heavy atom. The van der Waals surface area contributed by atoms with Crippen LogP contribution in [0, 0.1) is 5.92 Å². The first-order chi connectivity index (χ1) is 19.2. The maximum Gasteiger partial charge on any atom is 0.408 e. The third-order valence-electron chi connectivity index (χ3n) is 7.61. The number of hydrogen-bond acceptors (Lipinski definition) is 6. The average Bonchev–Trinajstić information content (AvgIpc) is 3.63. The maximum absolute atomic E-state index is 13.7. The van der Waals surface area contributed by atoms with E-state index in [0.717, 1.165) is 59.3 Å². The van der Waals surface area contributed by atoms with Gasteiger partial charge in [0, 0.05) is 36.0 Å². The van der Waals surface area contributed by atoms with Crippen LogP contribution >= 0.6 is 0 Å². The van der Waals surface area contributed by atoms with E-state index >= 15 is 0 Å². The van der Waals surface area contributed by atoms with Crippen LogP contribution in [0.2, 0.25) is 0 Å². The summed E-state index contributed by atoms with van der Waals surface area (Å²) in [6.07, 6.45) is 3.97. The number of amides is 2. The molecule has 1 aromatic heterocycles. The van der Waals surface area contributed by atoms with Crippen molar-refractivity contribution in [1.29, 1.82) is 0 Å². The van der Waals surface area contributed by atoms with Gasteiger partial charge in [-0.05, 0) is 51.7 Å². The lowest BCUT2D eigenvalue weighted by atomic mass is 9.97. The Morgan fingerprint density at radius 2 is 1.77 bits per heavy atom. The van der Waals surface area contributed by atoms with E-state index in [2.05, 4.69) is 5.32 Å². The summed E-state index contributed by atoms with van der Waals surface area (Å²) in [6, 6.07) is 17.2. The normalized spacial score (nSPS) is 18.5. The standard InChI is InChI=1S/C32H39N3O5/c1-32(2,3)40-31(37)34-29(22-12-8-9-13-22)30(36)35-17-16-24(20-35)39-28-19-26(21-10-6-5-7-11-21)33-27-18-23(38-4)14-15-25(27)28/h5-7,10-11,14-15,18-19,22,24,29H,8-9,12-13,16-17,20H2,1-4H3,(H,34,37)/t24?,29-/m0/s1. The Kier molecular flexibility index (Phi) is 8.14. The fraction of sp³-hybridized carbons (Fsp3) is 0.469. The summed E-state index contributed by atoms with van der Waals surface area (Å²) in [5, 5.41) is 3.79. The summed E-state index contributed by atoms with van der Waals surface area (Å²) >= 11 is 0. The van der Waals surface area contributed by atoms with Crippen LogP contribution in [0.1, 0.15) is 52.9 Å². The van der Waals surface area contributed by atoms with E-state index in [9.17, 15) is 9.59 Å². The molecule has 8 heteroatoms. The van der Waals surface area contributed by atoms with Crippen LogP contribution in [-0.2, 0) is 9.53 Å². The highest BCUT2D eigenvalue weighted by Crippen LogP contribution is 2.34. The molecule has 0 spiro atoms. The SMILES string of the molecule is COc1ccc2c(OC3CCN(C(=O)[C@@H](NC(=O)OC(C)(C)C)C4CCCC4)C3)cc(-c3ccccc3)nc2c1. The van der Waals surface area contributed by atoms with E-state index in [1.807, 2.05) is 80.3 Å². The molecule has 1 aliphatic heterocycles. The number of benzene rings is 2. The van der Waals surface area contributed by atoms with Gasteiger partial charge in [-0.15, -0.1) is 0 Å². The first-order valence-corrected chi connectivity index (χ1v) is 14.2. The number of methoxy groups -OCH3 is 1. The van der Waals surface area contributed by atoms with Gasteiger partial charge in [0.1, 0.15) is 29.2 Å². The van der Waals surface area contributed by atoms with Crippen molar-refractivity contribution in [2.75, 3.05) is 20.2 Å². The molecular weight excluding hydrogens is 506 g/mol. The van der Waals surface area contributed by atoms with E-state index in [4.69, 9.17) is 19.2 Å². The van der Waals surface area contributed by atoms with Crippen molar-refractivity contribution < 1.29 is 23.8 Å². The number of nitrogens with one attached hydrogen (secondary N) is 1. The summed E-state index contributed by atoms with van der Waals surface area (Å²) in [4.78, 5) is 33.1. The molecule has 212 valence electrons. The molecule has 1 unspecified atom stereocenters. The third kappa shape index (κ3) is 6.49. The van der Waals surface area contributed by atoms with E-state index in [0.29, 0.717) is 19.5 Å². The fourth-order valence-electron chi connectivity index (χ4n) is 5.66. The maximum atomic E-state index is 13.7. The molecule has 2 fully saturated rings. The first kappa shape index (κ1) is 27.7. The summed E-state index contributed by atoms with van der Waals surface area (Å²) in [7, 11) is 1.64. The van der Waals surface area contributed by atoms with E-state index in [1.54, 1.807) is 7.11 Å². The van der Waals surface area contributed by atoms with Gasteiger partial charge in [0.25, 0.3) is 0 Å². The van der Waals surface area contributed by atoms with E-state index < -0.39 is 17.7 Å². The van der Waals surface area contributed by atoms with Gasteiger partial charge in [0.15, 0.2) is 0 Å². The Labute approximate surface area is 236 Å². The van der Waals surface area contributed by atoms with E-state index in [-0.39, 0.29) is 17.9 Å². The van der Waals surface area contributed by atoms with Gasteiger partial charge in [-0.1, -0.05) is 43.2 Å². The van der Waals surface area contributed by atoms with Gasteiger partial charge >= 0.3 is 6.09 Å². The molecule has 1 saturated heterocycles. The monoisotopic (exact) mass is 545 g/mol. The zero-order valence-electron chi connectivity index (χ0n) is 23.8. The zero-order chi connectivity index (χ0) is 28.3. The smallest absolute Gasteiger partial charge is 0.408 e. The van der Waals surface area contributed by atoms with Crippen LogP contribution in [0.25, 0.3) is 22.2 Å². The molecule has 8 nitrogen and oxygen atoms in total. The Bertz CT molecular complexity index is 1350. The minimum absolute atomic E-state index is 0.0573. The van der Waals surface area contributed by atoms with Crippen molar-refractivity contribution in [1.82, 2.24) is 15.2 Å². The molecule has 1 aliphatic carbocycles. The van der Waals surface area contributed by atoms with Gasteiger partial charge in [0.05, 0.1) is 24.9 Å². The summed E-state index contributed by atoms with van der Waals surface area (Å²) in [5.41, 5.74) is 1.96. The number of fused-ring (bicyclic) bond motifs is 1. The van der Waals surface area contributed by atoms with Gasteiger partial charge in [-0.25, -0.2) is 9.78 Å². The Hall–Kier alpha value is -3.81. The Morgan fingerprint density at radius 3 is 2.48 bits per heavy atom. The highest BCUT2D eigenvalue weighted by Gasteiger charge is 2.38. The van der Waals surface area contributed by atoms with Crippen LogP contribution < -0.4 is 14.8 Å². The van der Waals surface area contributed by atoms with Crippen molar-refractivity contribution in [3.05, 3.63) is 54.6 Å². The molecular formula is C32H39N3O5. The summed E-state index contributed by atoms with van der Waals surface area (Å²) in [5.74, 6) is 1.51. The minimum Gasteiger partial charge on any atom is -0.497 e. The van der Waals surface area contributed by atoms with Crippen LogP contribution in [0.15, 0.2) is 54.6 Å². The number of hydrogen-bond donors (Lipinski definition) is 1. The van der Waals surface area contributed by atoms with Gasteiger partial charge in [-0.3, -0.25) is 4.79 Å². The van der Waals surface area contributed by atoms with Crippen molar-refractivity contribution in [2.24, 2.45) is 5.92 Å². The molecule has 2 atom stereocenters. The predicted molar refractivity (Wildman–Crippen MR) is 154 cm³/mol. The molecule has 3 aromatic rings. The third-order valence-corrected chi connectivity index (χ3v) is 7.61. The van der Waals surface area contributed by atoms with Crippen molar-refractivity contribution in [2.45, 2.75) is 70.6 Å². The van der Waals surface area contributed by atoms with Crippen molar-refractivity contribution in [3.63, 3.8) is 0 Å². The molecule has 2 aliphatic rings. The molecule has 1 saturated carbocycles. The summed E-state index contributed by atoms with van der Waals surface area (Å²) in [6.45, 7) is 6.50. The second-order valence-corrected chi connectivity index (χ2v) is 11.7. The molecule has 1 N–H and O–H groups in total. The number of ether oxygens (including phenoxy) is 3. The first-order valence-electron chi connectivity index (χ1n) is 14.2. The minimum atomic E-state index is -0.629. The number of pyridine rings is 1. The highest BCUT2D eigenvalue weighted by molar-refractivity contribution is 5.89. The average molecular weight is 546 g/mol. The Balaban J connectivity index is 1.34. The molecule has 2 aromatic carbocycles. The van der Waals surface area contributed by atoms with Crippen LogP contribution in [-0.4, -0.2) is 59.8 Å².